The van der Waals surface area contributed by atoms with Crippen molar-refractivity contribution < 1.29 is 9.18 Å². The molecule has 7 rings (SSSR count). The molecule has 4 aromatic heterocycles. The molecule has 2 N–H and O–H groups in total. The van der Waals surface area contributed by atoms with Gasteiger partial charge in [0.05, 0.1) is 11.7 Å². The largest absolute Gasteiger partial charge is 0.346 e. The highest BCUT2D eigenvalue weighted by Crippen LogP contribution is 2.47. The number of aromatic nitrogens is 4. The van der Waals surface area contributed by atoms with Gasteiger partial charge < -0.3 is 15.2 Å². The van der Waals surface area contributed by atoms with Crippen molar-refractivity contribution in [1.29, 1.82) is 0 Å². The minimum absolute atomic E-state index is 0.0715. The summed E-state index contributed by atoms with van der Waals surface area (Å²) >= 11 is 1.90. The van der Waals surface area contributed by atoms with E-state index in [-0.39, 0.29) is 11.9 Å². The number of thiophene rings is 1. The van der Waals surface area contributed by atoms with Crippen LogP contribution in [0.15, 0.2) is 12.5 Å². The fourth-order valence-corrected chi connectivity index (χ4v) is 8.55. The lowest BCUT2D eigenvalue weighted by atomic mass is 9.89. The number of hydrogen-bond donors (Lipinski definition) is 2. The van der Waals surface area contributed by atoms with Gasteiger partial charge >= 0.3 is 0 Å². The number of alkyl halides is 1. The second-order valence-corrected chi connectivity index (χ2v) is 12.7. The first kappa shape index (κ1) is 24.3. The predicted octanol–water partition coefficient (Wildman–Crippen LogP) is 5.27. The summed E-state index contributed by atoms with van der Waals surface area (Å²) in [5.41, 5.74) is 9.06. The summed E-state index contributed by atoms with van der Waals surface area (Å²) < 4.78 is 15.5. The van der Waals surface area contributed by atoms with Gasteiger partial charge in [0.1, 0.15) is 17.3 Å². The van der Waals surface area contributed by atoms with Crippen LogP contribution in [-0.2, 0) is 17.6 Å². The molecular weight excluding hydrogens is 499 g/mol. The van der Waals surface area contributed by atoms with E-state index in [2.05, 4.69) is 47.4 Å². The normalized spacial score (nSPS) is 22.4. The molecule has 3 aliphatic rings. The number of aryl methyl sites for hydroxylation is 2. The van der Waals surface area contributed by atoms with E-state index in [1.165, 1.54) is 48.6 Å². The van der Waals surface area contributed by atoms with Gasteiger partial charge in [-0.1, -0.05) is 13.8 Å². The molecule has 6 heterocycles. The fraction of sp³-hybridized carbons (Fsp3) is 0.552. The zero-order valence-corrected chi connectivity index (χ0v) is 23.1. The lowest BCUT2D eigenvalue weighted by Crippen LogP contribution is -2.46. The molecule has 2 atom stereocenters. The number of fused-ring (bicyclic) bond motifs is 4. The predicted molar refractivity (Wildman–Crippen MR) is 149 cm³/mol. The number of H-pyrrole nitrogens is 1. The lowest BCUT2D eigenvalue weighted by Gasteiger charge is -2.33. The average Bonchev–Trinajstić information content (AvgIpc) is 3.71. The number of amides is 1. The van der Waals surface area contributed by atoms with Crippen LogP contribution in [0.5, 0.6) is 0 Å². The van der Waals surface area contributed by atoms with Gasteiger partial charge in [0.15, 0.2) is 5.65 Å². The third kappa shape index (κ3) is 3.72. The third-order valence-electron chi connectivity index (χ3n) is 9.00. The summed E-state index contributed by atoms with van der Waals surface area (Å²) in [6, 6.07) is -0.353. The van der Waals surface area contributed by atoms with Crippen LogP contribution < -0.4 is 5.32 Å². The van der Waals surface area contributed by atoms with Gasteiger partial charge in [0.2, 0.25) is 5.91 Å². The number of halogens is 1. The first-order valence-electron chi connectivity index (χ1n) is 14.1. The number of nitrogens with zero attached hydrogens (tertiary/aromatic N) is 4. The van der Waals surface area contributed by atoms with Crippen molar-refractivity contribution in [2.75, 3.05) is 19.6 Å². The van der Waals surface area contributed by atoms with Gasteiger partial charge in [-0.15, -0.1) is 11.3 Å². The third-order valence-corrected chi connectivity index (χ3v) is 10.4. The number of pyridine rings is 1. The van der Waals surface area contributed by atoms with Crippen LogP contribution in [0, 0.1) is 6.92 Å². The fourth-order valence-electron chi connectivity index (χ4n) is 7.16. The van der Waals surface area contributed by atoms with Crippen molar-refractivity contribution in [1.82, 2.24) is 29.8 Å². The van der Waals surface area contributed by atoms with E-state index >= 15 is 0 Å². The number of carbonyl (C=O) groups is 1. The molecule has 2 aliphatic heterocycles. The van der Waals surface area contributed by atoms with Gasteiger partial charge in [-0.3, -0.25) is 4.79 Å². The molecule has 2 fully saturated rings. The molecule has 1 aliphatic carbocycles. The minimum atomic E-state index is -0.905. The van der Waals surface area contributed by atoms with Gasteiger partial charge in [-0.2, -0.15) is 5.10 Å². The highest BCUT2D eigenvalue weighted by atomic mass is 32.1. The van der Waals surface area contributed by atoms with E-state index in [0.29, 0.717) is 24.8 Å². The standard InChI is InChI=1S/C29H35FN6OS/c1-15(2)23-24-16(3)26(17-7-9-35(10-8-17)29(37)22-11-18(30)12-31-22)38-28(24)34-25(23)21-13-36-27(32-14-33-36)20-6-4-5-19(20)21/h13-15,17-18,22,31,34H,4-12H2,1-3H3/t18-,22+/m0/s1. The smallest absolute Gasteiger partial charge is 0.239 e. The SMILES string of the molecule is Cc1c(C2CCN(C(=O)[C@H]3C[C@H](F)CN3)CC2)sc2[nH]c(-c3cn4ncnc4c4c3CCC4)c(C(C)C)c12. The summed E-state index contributed by atoms with van der Waals surface area (Å²) in [6.45, 7) is 8.65. The summed E-state index contributed by atoms with van der Waals surface area (Å²) in [5, 5.41) is 8.91. The summed E-state index contributed by atoms with van der Waals surface area (Å²) in [4.78, 5) is 25.9. The maximum Gasteiger partial charge on any atom is 0.239 e. The van der Waals surface area contributed by atoms with Crippen LogP contribution in [0.4, 0.5) is 4.39 Å². The minimum Gasteiger partial charge on any atom is -0.346 e. The Labute approximate surface area is 225 Å². The molecule has 0 radical (unpaired) electrons. The number of hydrogen-bond acceptors (Lipinski definition) is 5. The van der Waals surface area contributed by atoms with Crippen LogP contribution in [0.1, 0.15) is 78.5 Å². The number of piperidine rings is 1. The van der Waals surface area contributed by atoms with Crippen LogP contribution in [0.3, 0.4) is 0 Å². The Morgan fingerprint density at radius 3 is 2.74 bits per heavy atom. The molecule has 4 aromatic rings. The molecule has 7 nitrogen and oxygen atoms in total. The number of nitrogens with one attached hydrogen (secondary N) is 2. The molecule has 1 amide bonds. The Bertz CT molecular complexity index is 1540. The Morgan fingerprint density at radius 1 is 1.21 bits per heavy atom. The molecule has 2 saturated heterocycles. The number of rotatable bonds is 4. The van der Waals surface area contributed by atoms with Crippen LogP contribution >= 0.6 is 11.3 Å². The van der Waals surface area contributed by atoms with Crippen molar-refractivity contribution in [3.8, 4) is 11.3 Å². The molecule has 0 bridgehead atoms. The van der Waals surface area contributed by atoms with Gasteiger partial charge in [-0.05, 0) is 67.6 Å². The van der Waals surface area contributed by atoms with Gasteiger partial charge in [0, 0.05) is 53.6 Å². The first-order valence-corrected chi connectivity index (χ1v) is 14.9. The Morgan fingerprint density at radius 2 is 2.00 bits per heavy atom. The first-order chi connectivity index (χ1) is 18.4. The van der Waals surface area contributed by atoms with E-state index in [1.807, 2.05) is 20.8 Å². The quantitative estimate of drug-likeness (QED) is 0.374. The van der Waals surface area contributed by atoms with E-state index in [9.17, 15) is 9.18 Å². The number of aromatic amines is 1. The lowest BCUT2D eigenvalue weighted by molar-refractivity contribution is -0.134. The second-order valence-electron chi connectivity index (χ2n) is 11.6. The highest BCUT2D eigenvalue weighted by Gasteiger charge is 2.35. The van der Waals surface area contributed by atoms with Crippen molar-refractivity contribution in [2.24, 2.45) is 0 Å². The van der Waals surface area contributed by atoms with Crippen LogP contribution in [-0.4, -0.2) is 62.2 Å². The van der Waals surface area contributed by atoms with Crippen molar-refractivity contribution in [3.63, 3.8) is 0 Å². The monoisotopic (exact) mass is 534 g/mol. The molecular formula is C29H35FN6OS. The molecule has 0 aromatic carbocycles. The Kier molecular flexibility index (Phi) is 5.85. The summed E-state index contributed by atoms with van der Waals surface area (Å²) in [5.74, 6) is 0.901. The second kappa shape index (κ2) is 9.16. The summed E-state index contributed by atoms with van der Waals surface area (Å²) in [7, 11) is 0. The van der Waals surface area contributed by atoms with Crippen molar-refractivity contribution in [2.45, 2.75) is 83.3 Å². The highest BCUT2D eigenvalue weighted by molar-refractivity contribution is 7.19. The zero-order valence-electron chi connectivity index (χ0n) is 22.3. The zero-order chi connectivity index (χ0) is 26.1. The van der Waals surface area contributed by atoms with E-state index in [4.69, 9.17) is 0 Å². The summed E-state index contributed by atoms with van der Waals surface area (Å²) in [6.07, 6.45) is 8.46. The van der Waals surface area contributed by atoms with E-state index in [1.54, 1.807) is 6.33 Å². The van der Waals surface area contributed by atoms with E-state index in [0.717, 1.165) is 50.8 Å². The molecule has 38 heavy (non-hydrogen) atoms. The Hall–Kier alpha value is -2.78. The van der Waals surface area contributed by atoms with E-state index < -0.39 is 6.17 Å². The maximum atomic E-state index is 13.6. The van der Waals surface area contributed by atoms with Crippen molar-refractivity contribution >= 4 is 33.1 Å². The Balaban J connectivity index is 1.21. The van der Waals surface area contributed by atoms with Gasteiger partial charge in [-0.25, -0.2) is 13.9 Å². The maximum absolute atomic E-state index is 13.6. The average molecular weight is 535 g/mol. The van der Waals surface area contributed by atoms with Gasteiger partial charge in [0.25, 0.3) is 0 Å². The molecule has 0 spiro atoms. The molecule has 9 heteroatoms. The molecule has 200 valence electrons. The van der Waals surface area contributed by atoms with Crippen molar-refractivity contribution in [3.05, 3.63) is 39.7 Å². The number of carbonyl (C=O) groups excluding carboxylic acids is 1. The van der Waals surface area contributed by atoms with Crippen LogP contribution in [0.2, 0.25) is 0 Å². The van der Waals surface area contributed by atoms with Crippen LogP contribution in [0.25, 0.3) is 27.1 Å². The number of likely N-dealkylation sites (tertiary alicyclic amines) is 1. The molecule has 0 saturated carbocycles. The topological polar surface area (TPSA) is 78.3 Å². The molecule has 0 unspecified atom stereocenters.